The Bertz CT molecular complexity index is 2160. The number of carbonyl (C=O) groups excluding carboxylic acids is 6. The van der Waals surface area contributed by atoms with Crippen LogP contribution < -0.4 is 5.32 Å². The quantitative estimate of drug-likeness (QED) is 0.104. The van der Waals surface area contributed by atoms with Crippen LogP contribution in [0.1, 0.15) is 90.9 Å². The van der Waals surface area contributed by atoms with E-state index in [0.29, 0.717) is 0 Å². The molecule has 4 aromatic carbocycles. The number of hydrogen-bond donors (Lipinski definition) is 1. The maximum atomic E-state index is 13.9. The van der Waals surface area contributed by atoms with Gasteiger partial charge < -0.3 is 38.5 Å². The van der Waals surface area contributed by atoms with Crippen LogP contribution >= 0.6 is 0 Å². The number of esters is 5. The Morgan fingerprint density at radius 1 is 0.557 bits per heavy atom. The van der Waals surface area contributed by atoms with Crippen LogP contribution in [0.25, 0.3) is 0 Å². The van der Waals surface area contributed by atoms with Crippen molar-refractivity contribution in [1.82, 2.24) is 5.32 Å². The van der Waals surface area contributed by atoms with Crippen LogP contribution in [0.3, 0.4) is 0 Å². The van der Waals surface area contributed by atoms with E-state index in [9.17, 15) is 28.8 Å². The van der Waals surface area contributed by atoms with E-state index >= 15 is 0 Å². The number of nitrogens with one attached hydrogen (secondary N) is 1. The van der Waals surface area contributed by atoms with Gasteiger partial charge in [0, 0.05) is 6.54 Å². The first-order valence-corrected chi connectivity index (χ1v) is 19.8. The molecule has 0 aromatic heterocycles. The highest BCUT2D eigenvalue weighted by Gasteiger charge is 2.54. The molecule has 14 heteroatoms. The second-order valence-electron chi connectivity index (χ2n) is 15.7. The van der Waals surface area contributed by atoms with Crippen molar-refractivity contribution in [3.63, 3.8) is 0 Å². The summed E-state index contributed by atoms with van der Waals surface area (Å²) >= 11 is 0. The van der Waals surface area contributed by atoms with Crippen LogP contribution in [0.4, 0.5) is 0 Å². The van der Waals surface area contributed by atoms with Crippen LogP contribution in [0.2, 0.25) is 0 Å². The SMILES string of the molecule is Cc1ccc(C(=O)OC[C@H]2O[C@@H](OCC(=O)NCCC(=O)OC(C)(C)C)[C@H](OC(=O)c3ccc(C)cc3)[C@@H](OC(=O)c3ccc(C)cc3)[C@@H]2OC(=O)c2ccc(C)cc2)cc1. The molecule has 0 bridgehead atoms. The number of hydrogen-bond acceptors (Lipinski definition) is 13. The number of ether oxygens (including phenoxy) is 7. The molecule has 1 heterocycles. The lowest BCUT2D eigenvalue weighted by molar-refractivity contribution is -0.296. The summed E-state index contributed by atoms with van der Waals surface area (Å²) in [6, 6.07) is 26.1. The molecule has 0 unspecified atom stereocenters. The molecular formula is C47H51NO13. The summed E-state index contributed by atoms with van der Waals surface area (Å²) in [6.07, 6.45) is -8.17. The lowest BCUT2D eigenvalue weighted by atomic mass is 9.97. The number of benzene rings is 4. The molecule has 14 nitrogen and oxygen atoms in total. The van der Waals surface area contributed by atoms with E-state index in [1.807, 2.05) is 27.7 Å². The topological polar surface area (TPSA) is 179 Å². The second kappa shape index (κ2) is 20.7. The largest absolute Gasteiger partial charge is 0.460 e. The van der Waals surface area contributed by atoms with E-state index in [2.05, 4.69) is 5.32 Å². The summed E-state index contributed by atoms with van der Waals surface area (Å²) in [6.45, 7) is 11.2. The maximum absolute atomic E-state index is 13.9. The molecule has 5 atom stereocenters. The predicted octanol–water partition coefficient (Wildman–Crippen LogP) is 6.34. The zero-order chi connectivity index (χ0) is 44.3. The Labute approximate surface area is 354 Å². The number of rotatable bonds is 15. The Hall–Kier alpha value is -6.38. The Morgan fingerprint density at radius 3 is 1.38 bits per heavy atom. The van der Waals surface area contributed by atoms with Crippen molar-refractivity contribution in [2.24, 2.45) is 0 Å². The Balaban J connectivity index is 1.52. The first kappa shape index (κ1) is 45.7. The van der Waals surface area contributed by atoms with Crippen molar-refractivity contribution in [3.05, 3.63) is 142 Å². The van der Waals surface area contributed by atoms with Crippen LogP contribution in [-0.2, 0) is 42.7 Å². The molecule has 0 radical (unpaired) electrons. The van der Waals surface area contributed by atoms with Gasteiger partial charge in [0.1, 0.15) is 24.9 Å². The zero-order valence-corrected chi connectivity index (χ0v) is 35.3. The highest BCUT2D eigenvalue weighted by molar-refractivity contribution is 5.92. The monoisotopic (exact) mass is 837 g/mol. The molecule has 0 aliphatic carbocycles. The average molecular weight is 838 g/mol. The lowest BCUT2D eigenvalue weighted by Gasteiger charge is -2.44. The fraction of sp³-hybridized carbons (Fsp3) is 0.362. The molecule has 4 aromatic rings. The number of amides is 1. The predicted molar refractivity (Wildman–Crippen MR) is 221 cm³/mol. The molecule has 1 fully saturated rings. The number of carbonyl (C=O) groups is 6. The van der Waals surface area contributed by atoms with Gasteiger partial charge in [-0.3, -0.25) is 9.59 Å². The first-order chi connectivity index (χ1) is 28.9. The van der Waals surface area contributed by atoms with Crippen LogP contribution in [0.5, 0.6) is 0 Å². The molecule has 1 amide bonds. The molecular weight excluding hydrogens is 787 g/mol. The zero-order valence-electron chi connectivity index (χ0n) is 35.3. The second-order valence-corrected chi connectivity index (χ2v) is 15.7. The summed E-state index contributed by atoms with van der Waals surface area (Å²) in [7, 11) is 0. The van der Waals surface area contributed by atoms with Crippen molar-refractivity contribution in [1.29, 1.82) is 0 Å². The highest BCUT2D eigenvalue weighted by atomic mass is 16.7. The van der Waals surface area contributed by atoms with Gasteiger partial charge in [-0.15, -0.1) is 0 Å². The van der Waals surface area contributed by atoms with Gasteiger partial charge in [0.25, 0.3) is 0 Å². The van der Waals surface area contributed by atoms with Crippen LogP contribution in [-0.4, -0.2) is 91.8 Å². The van der Waals surface area contributed by atoms with Crippen molar-refractivity contribution >= 4 is 35.8 Å². The summed E-state index contributed by atoms with van der Waals surface area (Å²) in [5.41, 5.74) is 3.40. The van der Waals surface area contributed by atoms with E-state index in [-0.39, 0.29) is 35.2 Å². The third-order valence-corrected chi connectivity index (χ3v) is 9.30. The molecule has 0 spiro atoms. The van der Waals surface area contributed by atoms with E-state index in [1.165, 1.54) is 24.3 Å². The third-order valence-electron chi connectivity index (χ3n) is 9.30. The molecule has 1 aliphatic rings. The van der Waals surface area contributed by atoms with Crippen molar-refractivity contribution in [2.45, 2.75) is 91.2 Å². The summed E-state index contributed by atoms with van der Waals surface area (Å²) in [4.78, 5) is 80.3. The average Bonchev–Trinajstić information content (AvgIpc) is 3.21. The minimum Gasteiger partial charge on any atom is -0.460 e. The summed E-state index contributed by atoms with van der Waals surface area (Å²) in [5, 5.41) is 2.57. The van der Waals surface area contributed by atoms with Gasteiger partial charge in [0.05, 0.1) is 28.7 Å². The molecule has 1 aliphatic heterocycles. The first-order valence-electron chi connectivity index (χ1n) is 19.8. The minimum atomic E-state index is -1.68. The smallest absolute Gasteiger partial charge is 0.338 e. The van der Waals surface area contributed by atoms with Crippen LogP contribution in [0.15, 0.2) is 97.1 Å². The molecule has 61 heavy (non-hydrogen) atoms. The standard InChI is InChI=1S/C47H51NO13/c1-28-8-16-32(17-9-28)42(51)55-26-36-39(58-43(52)33-18-10-29(2)11-19-33)40(59-44(53)34-20-12-30(3)13-21-34)41(60-45(54)35-22-14-31(4)15-23-35)46(57-36)56-27-37(49)48-25-24-38(50)61-47(5,6)7/h8-23,36,39-41,46H,24-27H2,1-7H3,(H,48,49)/t36-,39-,40+,41-,46-/m1/s1. The van der Waals surface area contributed by atoms with Crippen molar-refractivity contribution in [2.75, 3.05) is 19.8 Å². The summed E-state index contributed by atoms with van der Waals surface area (Å²) in [5.74, 6) is -4.57. The fourth-order valence-corrected chi connectivity index (χ4v) is 6.03. The lowest BCUT2D eigenvalue weighted by Crippen LogP contribution is -2.63. The minimum absolute atomic E-state index is 0.0835. The van der Waals surface area contributed by atoms with E-state index in [4.69, 9.17) is 33.2 Å². The van der Waals surface area contributed by atoms with Gasteiger partial charge in [-0.25, -0.2) is 19.2 Å². The van der Waals surface area contributed by atoms with Gasteiger partial charge >= 0.3 is 29.8 Å². The molecule has 1 saturated heterocycles. The summed E-state index contributed by atoms with van der Waals surface area (Å²) < 4.78 is 41.5. The normalized spacial score (nSPS) is 18.6. The Kier molecular flexibility index (Phi) is 15.5. The highest BCUT2D eigenvalue weighted by Crippen LogP contribution is 2.32. The maximum Gasteiger partial charge on any atom is 0.338 e. The van der Waals surface area contributed by atoms with Gasteiger partial charge in [0.2, 0.25) is 5.91 Å². The molecule has 0 saturated carbocycles. The fourth-order valence-electron chi connectivity index (χ4n) is 6.03. The van der Waals surface area contributed by atoms with Gasteiger partial charge in [-0.05, 0) is 97.0 Å². The van der Waals surface area contributed by atoms with Crippen LogP contribution in [0, 0.1) is 27.7 Å². The van der Waals surface area contributed by atoms with Gasteiger partial charge in [-0.2, -0.15) is 0 Å². The number of aryl methyl sites for hydroxylation is 4. The van der Waals surface area contributed by atoms with E-state index < -0.39 is 85.3 Å². The Morgan fingerprint density at radius 2 is 0.951 bits per heavy atom. The van der Waals surface area contributed by atoms with Gasteiger partial charge in [0.15, 0.2) is 24.6 Å². The van der Waals surface area contributed by atoms with Gasteiger partial charge in [-0.1, -0.05) is 70.8 Å². The van der Waals surface area contributed by atoms with Crippen molar-refractivity contribution in [3.8, 4) is 0 Å². The molecule has 5 rings (SSSR count). The molecule has 1 N–H and O–H groups in total. The molecule has 322 valence electrons. The van der Waals surface area contributed by atoms with E-state index in [0.717, 1.165) is 22.3 Å². The van der Waals surface area contributed by atoms with E-state index in [1.54, 1.807) is 93.6 Å². The third kappa shape index (κ3) is 13.6. The van der Waals surface area contributed by atoms with Crippen molar-refractivity contribution < 1.29 is 61.9 Å².